The van der Waals surface area contributed by atoms with Gasteiger partial charge in [0, 0.05) is 36.9 Å². The Hall–Kier alpha value is -1.23. The molecule has 5 heteroatoms. The van der Waals surface area contributed by atoms with Gasteiger partial charge in [-0.3, -0.25) is 19.5 Å². The molecule has 0 aliphatic carbocycles. The van der Waals surface area contributed by atoms with E-state index in [0.29, 0.717) is 25.8 Å². The van der Waals surface area contributed by atoms with E-state index in [1.165, 1.54) is 4.90 Å². The molecule has 0 bridgehead atoms. The van der Waals surface area contributed by atoms with Crippen LogP contribution in [0.5, 0.6) is 0 Å². The number of carbonyl (C=O) groups is 2. The number of likely N-dealkylation sites (tertiary alicyclic amines) is 1. The van der Waals surface area contributed by atoms with Gasteiger partial charge in [-0.05, 0) is 6.42 Å². The van der Waals surface area contributed by atoms with E-state index in [-0.39, 0.29) is 11.8 Å². The molecule has 80 valence electrons. The van der Waals surface area contributed by atoms with E-state index >= 15 is 0 Å². The number of amides is 2. The number of piperidine rings is 1. The predicted octanol–water partition coefficient (Wildman–Crippen LogP) is 1.22. The van der Waals surface area contributed by atoms with Crippen molar-refractivity contribution in [3.8, 4) is 0 Å². The number of nitrogens with zero attached hydrogens (tertiary/aromatic N) is 2. The van der Waals surface area contributed by atoms with E-state index in [0.717, 1.165) is 11.3 Å². The molecular formula is C10H12N2O2S. The van der Waals surface area contributed by atoms with E-state index in [9.17, 15) is 9.59 Å². The lowest BCUT2D eigenvalue weighted by molar-refractivity contribution is -0.147. The summed E-state index contributed by atoms with van der Waals surface area (Å²) in [6.45, 7) is 0.500. The molecule has 1 aromatic heterocycles. The Morgan fingerprint density at radius 1 is 1.33 bits per heavy atom. The molecule has 0 spiro atoms. The van der Waals surface area contributed by atoms with E-state index in [1.807, 2.05) is 0 Å². The fourth-order valence-electron chi connectivity index (χ4n) is 1.64. The van der Waals surface area contributed by atoms with Crippen LogP contribution in [-0.4, -0.2) is 28.2 Å². The summed E-state index contributed by atoms with van der Waals surface area (Å²) >= 11 is 1.55. The highest BCUT2D eigenvalue weighted by molar-refractivity contribution is 7.09. The van der Waals surface area contributed by atoms with Gasteiger partial charge in [-0.25, -0.2) is 0 Å². The van der Waals surface area contributed by atoms with Crippen LogP contribution in [0.3, 0.4) is 0 Å². The molecule has 4 nitrogen and oxygen atoms in total. The lowest BCUT2D eigenvalue weighted by Crippen LogP contribution is -2.41. The zero-order valence-corrected chi connectivity index (χ0v) is 9.13. The van der Waals surface area contributed by atoms with E-state index in [2.05, 4.69) is 4.98 Å². The van der Waals surface area contributed by atoms with Crippen molar-refractivity contribution in [3.05, 3.63) is 16.6 Å². The largest absolute Gasteiger partial charge is 0.282 e. The monoisotopic (exact) mass is 224 g/mol. The van der Waals surface area contributed by atoms with Crippen molar-refractivity contribution in [2.45, 2.75) is 25.7 Å². The van der Waals surface area contributed by atoms with Gasteiger partial charge in [0.1, 0.15) is 0 Å². The molecule has 0 saturated carbocycles. The van der Waals surface area contributed by atoms with Gasteiger partial charge in [0.2, 0.25) is 11.8 Å². The van der Waals surface area contributed by atoms with Crippen LogP contribution in [0, 0.1) is 0 Å². The van der Waals surface area contributed by atoms with Crippen molar-refractivity contribution >= 4 is 23.2 Å². The second kappa shape index (κ2) is 4.53. The van der Waals surface area contributed by atoms with Crippen molar-refractivity contribution in [2.24, 2.45) is 0 Å². The van der Waals surface area contributed by atoms with Gasteiger partial charge in [0.15, 0.2) is 0 Å². The number of imide groups is 1. The number of carbonyl (C=O) groups excluding carboxylic acids is 2. The third kappa shape index (κ3) is 2.41. The molecule has 2 heterocycles. The molecule has 1 fully saturated rings. The standard InChI is InChI=1S/C10H12N2O2S/c13-9-2-1-3-10(14)12(9)5-4-8-6-11-7-15-8/h6-7H,1-5H2. The van der Waals surface area contributed by atoms with Gasteiger partial charge in [-0.15, -0.1) is 11.3 Å². The van der Waals surface area contributed by atoms with E-state index in [1.54, 1.807) is 23.0 Å². The number of aromatic nitrogens is 1. The second-order valence-electron chi connectivity index (χ2n) is 3.51. The van der Waals surface area contributed by atoms with Crippen molar-refractivity contribution in [3.63, 3.8) is 0 Å². The first kappa shape index (κ1) is 10.3. The minimum atomic E-state index is -0.0317. The van der Waals surface area contributed by atoms with Gasteiger partial charge in [-0.1, -0.05) is 0 Å². The number of thiazole rings is 1. The van der Waals surface area contributed by atoms with Crippen molar-refractivity contribution in [1.29, 1.82) is 0 Å². The maximum absolute atomic E-state index is 11.5. The highest BCUT2D eigenvalue weighted by Gasteiger charge is 2.25. The van der Waals surface area contributed by atoms with Crippen molar-refractivity contribution < 1.29 is 9.59 Å². The number of rotatable bonds is 3. The zero-order chi connectivity index (χ0) is 10.7. The summed E-state index contributed by atoms with van der Waals surface area (Å²) in [5, 5.41) is 0. The van der Waals surface area contributed by atoms with Crippen molar-refractivity contribution in [1.82, 2.24) is 9.88 Å². The van der Waals surface area contributed by atoms with Gasteiger partial charge in [0.25, 0.3) is 0 Å². The van der Waals surface area contributed by atoms with Crippen molar-refractivity contribution in [2.75, 3.05) is 6.54 Å². The maximum atomic E-state index is 11.5. The lowest BCUT2D eigenvalue weighted by atomic mass is 10.1. The molecule has 1 saturated heterocycles. The molecule has 1 aromatic rings. The first-order chi connectivity index (χ1) is 7.27. The Kier molecular flexibility index (Phi) is 3.11. The fourth-order valence-corrected chi connectivity index (χ4v) is 2.22. The van der Waals surface area contributed by atoms with Crippen LogP contribution in [0.2, 0.25) is 0 Å². The molecule has 0 radical (unpaired) electrons. The average Bonchev–Trinajstić information content (AvgIpc) is 2.70. The summed E-state index contributed by atoms with van der Waals surface area (Å²) in [4.78, 5) is 29.4. The topological polar surface area (TPSA) is 50.3 Å². The molecule has 1 aliphatic rings. The van der Waals surface area contributed by atoms with Crippen LogP contribution in [0.4, 0.5) is 0 Å². The minimum absolute atomic E-state index is 0.0317. The molecule has 0 aromatic carbocycles. The summed E-state index contributed by atoms with van der Waals surface area (Å²) in [5.74, 6) is -0.0634. The molecule has 0 unspecified atom stereocenters. The maximum Gasteiger partial charge on any atom is 0.229 e. The van der Waals surface area contributed by atoms with Gasteiger partial charge < -0.3 is 0 Å². The highest BCUT2D eigenvalue weighted by atomic mass is 32.1. The SMILES string of the molecule is O=C1CCCC(=O)N1CCc1cncs1. The fraction of sp³-hybridized carbons (Fsp3) is 0.500. The Bertz CT molecular complexity index is 346. The van der Waals surface area contributed by atoms with E-state index in [4.69, 9.17) is 0 Å². The summed E-state index contributed by atoms with van der Waals surface area (Å²) in [7, 11) is 0. The summed E-state index contributed by atoms with van der Waals surface area (Å²) < 4.78 is 0. The Labute approximate surface area is 91.9 Å². The average molecular weight is 224 g/mol. The quantitative estimate of drug-likeness (QED) is 0.725. The number of hydrogen-bond acceptors (Lipinski definition) is 4. The zero-order valence-electron chi connectivity index (χ0n) is 8.31. The van der Waals surface area contributed by atoms with Crippen LogP contribution >= 0.6 is 11.3 Å². The van der Waals surface area contributed by atoms with Gasteiger partial charge >= 0.3 is 0 Å². The Balaban J connectivity index is 1.92. The van der Waals surface area contributed by atoms with Gasteiger partial charge in [-0.2, -0.15) is 0 Å². The second-order valence-corrected chi connectivity index (χ2v) is 4.48. The normalized spacial score (nSPS) is 17.2. The molecule has 1 aliphatic heterocycles. The minimum Gasteiger partial charge on any atom is -0.282 e. The van der Waals surface area contributed by atoms with Crippen LogP contribution in [0.25, 0.3) is 0 Å². The molecule has 0 atom stereocenters. The first-order valence-corrected chi connectivity index (χ1v) is 5.86. The summed E-state index contributed by atoms with van der Waals surface area (Å²) in [6, 6.07) is 0. The predicted molar refractivity (Wildman–Crippen MR) is 56.4 cm³/mol. The summed E-state index contributed by atoms with van der Waals surface area (Å²) in [5.41, 5.74) is 1.76. The molecule has 0 N–H and O–H groups in total. The molecule has 2 amide bonds. The lowest BCUT2D eigenvalue weighted by Gasteiger charge is -2.24. The third-order valence-electron chi connectivity index (χ3n) is 2.45. The van der Waals surface area contributed by atoms with Crippen LogP contribution in [0.15, 0.2) is 11.7 Å². The molecule has 2 rings (SSSR count). The third-order valence-corrected chi connectivity index (χ3v) is 3.29. The molecule has 15 heavy (non-hydrogen) atoms. The Morgan fingerprint density at radius 3 is 2.67 bits per heavy atom. The van der Waals surface area contributed by atoms with E-state index < -0.39 is 0 Å². The number of hydrogen-bond donors (Lipinski definition) is 0. The smallest absolute Gasteiger partial charge is 0.229 e. The molecular weight excluding hydrogens is 212 g/mol. The summed E-state index contributed by atoms with van der Waals surface area (Å²) in [6.07, 6.45) is 4.23. The highest BCUT2D eigenvalue weighted by Crippen LogP contribution is 2.14. The van der Waals surface area contributed by atoms with Crippen LogP contribution in [-0.2, 0) is 16.0 Å². The van der Waals surface area contributed by atoms with Crippen LogP contribution < -0.4 is 0 Å². The first-order valence-electron chi connectivity index (χ1n) is 4.98. The van der Waals surface area contributed by atoms with Crippen LogP contribution in [0.1, 0.15) is 24.1 Å². The van der Waals surface area contributed by atoms with Gasteiger partial charge in [0.05, 0.1) is 5.51 Å². The Morgan fingerprint density at radius 2 is 2.07 bits per heavy atom.